The molecule has 1 amide bonds. The summed E-state index contributed by atoms with van der Waals surface area (Å²) in [4.78, 5) is 42.1. The summed E-state index contributed by atoms with van der Waals surface area (Å²) in [5.41, 5.74) is 0.184. The average Bonchev–Trinajstić information content (AvgIpc) is 3.09. The molecule has 2 heterocycles. The lowest BCUT2D eigenvalue weighted by atomic mass is 9.95. The lowest BCUT2D eigenvalue weighted by Crippen LogP contribution is -2.30. The van der Waals surface area contributed by atoms with E-state index in [1.807, 2.05) is 0 Å². The Morgan fingerprint density at radius 1 is 1.09 bits per heavy atom. The quantitative estimate of drug-likeness (QED) is 0.215. The Balaban J connectivity index is 1.94. The van der Waals surface area contributed by atoms with Gasteiger partial charge in [-0.05, 0) is 42.0 Å². The number of ketones is 1. The third-order valence-electron chi connectivity index (χ3n) is 5.10. The number of hydrogen-bond donors (Lipinski definition) is 1. The van der Waals surface area contributed by atoms with E-state index in [0.29, 0.717) is 16.9 Å². The van der Waals surface area contributed by atoms with Gasteiger partial charge in [-0.2, -0.15) is 0 Å². The molecule has 4 rings (SSSR count). The molecule has 1 fully saturated rings. The number of pyridine rings is 1. The van der Waals surface area contributed by atoms with Gasteiger partial charge in [0.1, 0.15) is 17.3 Å². The summed E-state index contributed by atoms with van der Waals surface area (Å²) in [7, 11) is 1.50. The lowest BCUT2D eigenvalue weighted by Gasteiger charge is -2.24. The van der Waals surface area contributed by atoms with E-state index in [9.17, 15) is 24.8 Å². The highest BCUT2D eigenvalue weighted by molar-refractivity contribution is 6.51. The summed E-state index contributed by atoms with van der Waals surface area (Å²) < 4.78 is 5.11. The van der Waals surface area contributed by atoms with Gasteiger partial charge < -0.3 is 9.84 Å². The highest BCUT2D eigenvalue weighted by Gasteiger charge is 2.47. The zero-order valence-electron chi connectivity index (χ0n) is 16.8. The van der Waals surface area contributed by atoms with Crippen molar-refractivity contribution in [1.29, 1.82) is 0 Å². The second-order valence-electron chi connectivity index (χ2n) is 6.94. The Hall–Kier alpha value is -4.53. The number of nitro groups is 1. The number of carbonyl (C=O) groups is 2. The fourth-order valence-corrected chi connectivity index (χ4v) is 3.59. The van der Waals surface area contributed by atoms with Crippen LogP contribution < -0.4 is 9.64 Å². The van der Waals surface area contributed by atoms with Gasteiger partial charge in [-0.1, -0.05) is 18.2 Å². The number of nitrogens with zero attached hydrogens (tertiary/aromatic N) is 3. The van der Waals surface area contributed by atoms with Gasteiger partial charge in [-0.3, -0.25) is 24.6 Å². The molecule has 1 N–H and O–H groups in total. The first-order valence-electron chi connectivity index (χ1n) is 9.53. The molecule has 160 valence electrons. The molecule has 0 aliphatic carbocycles. The zero-order valence-corrected chi connectivity index (χ0v) is 16.8. The molecule has 1 aliphatic heterocycles. The first-order valence-corrected chi connectivity index (χ1v) is 9.53. The van der Waals surface area contributed by atoms with Crippen LogP contribution in [0.3, 0.4) is 0 Å². The van der Waals surface area contributed by atoms with Gasteiger partial charge in [0.25, 0.3) is 11.5 Å². The number of nitro benzene ring substituents is 1. The number of methoxy groups -OCH3 is 1. The summed E-state index contributed by atoms with van der Waals surface area (Å²) in [5, 5.41) is 22.3. The van der Waals surface area contributed by atoms with E-state index >= 15 is 0 Å². The normalized spacial score (nSPS) is 17.4. The molecule has 0 unspecified atom stereocenters. The van der Waals surface area contributed by atoms with Gasteiger partial charge >= 0.3 is 5.91 Å². The predicted octanol–water partition coefficient (Wildman–Crippen LogP) is 3.62. The number of benzene rings is 2. The number of ether oxygens (including phenoxy) is 1. The van der Waals surface area contributed by atoms with Crippen molar-refractivity contribution in [3.05, 3.63) is 99.7 Å². The topological polar surface area (TPSA) is 123 Å². The van der Waals surface area contributed by atoms with Crippen LogP contribution in [-0.4, -0.2) is 33.8 Å². The number of hydrogen-bond acceptors (Lipinski definition) is 7. The summed E-state index contributed by atoms with van der Waals surface area (Å²) in [6, 6.07) is 15.6. The van der Waals surface area contributed by atoms with Crippen molar-refractivity contribution in [3.63, 3.8) is 0 Å². The van der Waals surface area contributed by atoms with E-state index in [4.69, 9.17) is 4.74 Å². The molecular formula is C23H17N3O6. The molecule has 9 nitrogen and oxygen atoms in total. The highest BCUT2D eigenvalue weighted by atomic mass is 16.6. The van der Waals surface area contributed by atoms with Crippen LogP contribution in [0.1, 0.15) is 17.2 Å². The molecule has 0 bridgehead atoms. The molecule has 3 aromatic rings. The summed E-state index contributed by atoms with van der Waals surface area (Å²) in [5.74, 6) is -1.48. The number of aliphatic hydroxyl groups is 1. The molecular weight excluding hydrogens is 414 g/mol. The van der Waals surface area contributed by atoms with E-state index < -0.39 is 28.4 Å². The van der Waals surface area contributed by atoms with Crippen molar-refractivity contribution in [2.24, 2.45) is 0 Å². The summed E-state index contributed by atoms with van der Waals surface area (Å²) >= 11 is 0. The van der Waals surface area contributed by atoms with Gasteiger partial charge in [-0.25, -0.2) is 4.98 Å². The maximum absolute atomic E-state index is 13.0. The number of rotatable bonds is 5. The Labute approximate surface area is 182 Å². The van der Waals surface area contributed by atoms with Gasteiger partial charge in [0.2, 0.25) is 0 Å². The fourth-order valence-electron chi connectivity index (χ4n) is 3.59. The summed E-state index contributed by atoms with van der Waals surface area (Å²) in [6.45, 7) is 0. The number of carbonyl (C=O) groups excluding carboxylic acids is 2. The first kappa shape index (κ1) is 20.7. The van der Waals surface area contributed by atoms with Gasteiger partial charge in [0, 0.05) is 23.9 Å². The zero-order chi connectivity index (χ0) is 22.8. The molecule has 0 radical (unpaired) electrons. The number of anilines is 1. The number of aromatic nitrogens is 1. The van der Waals surface area contributed by atoms with Crippen molar-refractivity contribution < 1.29 is 24.4 Å². The second kappa shape index (κ2) is 8.31. The van der Waals surface area contributed by atoms with Crippen LogP contribution in [0.2, 0.25) is 0 Å². The van der Waals surface area contributed by atoms with E-state index in [0.717, 1.165) is 4.90 Å². The predicted molar refractivity (Wildman–Crippen MR) is 115 cm³/mol. The monoisotopic (exact) mass is 431 g/mol. The SMILES string of the molecule is COc1ccc(/C(O)=C2\C(=O)C(=O)N(c3ccccn3)[C@H]2c2cccc([N+](=O)[O-])c2)cc1. The number of aliphatic hydroxyl groups excluding tert-OH is 1. The minimum absolute atomic E-state index is 0.180. The van der Waals surface area contributed by atoms with Crippen LogP contribution in [0.25, 0.3) is 5.76 Å². The van der Waals surface area contributed by atoms with Crippen LogP contribution in [-0.2, 0) is 9.59 Å². The van der Waals surface area contributed by atoms with Gasteiger partial charge in [0.15, 0.2) is 0 Å². The van der Waals surface area contributed by atoms with Crippen LogP contribution >= 0.6 is 0 Å². The second-order valence-corrected chi connectivity index (χ2v) is 6.94. The lowest BCUT2D eigenvalue weighted by molar-refractivity contribution is -0.384. The molecule has 2 aromatic carbocycles. The van der Waals surface area contributed by atoms with E-state index in [1.54, 1.807) is 48.5 Å². The van der Waals surface area contributed by atoms with E-state index in [-0.39, 0.29) is 17.1 Å². The Morgan fingerprint density at radius 3 is 2.47 bits per heavy atom. The maximum Gasteiger partial charge on any atom is 0.301 e. The molecule has 32 heavy (non-hydrogen) atoms. The number of amides is 1. The number of non-ortho nitro benzene ring substituents is 1. The Kier molecular flexibility index (Phi) is 5.38. The molecule has 0 spiro atoms. The number of Topliss-reactive ketones (excluding diaryl/α,β-unsaturated/α-hetero) is 1. The van der Waals surface area contributed by atoms with Gasteiger partial charge in [0.05, 0.1) is 23.6 Å². The van der Waals surface area contributed by atoms with Gasteiger partial charge in [-0.15, -0.1) is 0 Å². The Bertz CT molecular complexity index is 1240. The maximum atomic E-state index is 13.0. The van der Waals surface area contributed by atoms with Crippen molar-refractivity contribution in [1.82, 2.24) is 4.98 Å². The van der Waals surface area contributed by atoms with E-state index in [2.05, 4.69) is 4.98 Å². The van der Waals surface area contributed by atoms with Crippen LogP contribution in [0.4, 0.5) is 11.5 Å². The molecule has 1 aliphatic rings. The van der Waals surface area contributed by atoms with Crippen LogP contribution in [0.15, 0.2) is 78.5 Å². The van der Waals surface area contributed by atoms with Crippen molar-refractivity contribution >= 4 is 29.0 Å². The van der Waals surface area contributed by atoms with Crippen LogP contribution in [0.5, 0.6) is 5.75 Å². The molecule has 1 atom stereocenters. The average molecular weight is 431 g/mol. The van der Waals surface area contributed by atoms with Crippen molar-refractivity contribution in [2.75, 3.05) is 12.0 Å². The first-order chi connectivity index (χ1) is 15.4. The standard InChI is InChI=1S/C23H17N3O6/c1-32-17-10-8-14(9-11-17)21(27)19-20(15-5-4-6-16(13-15)26(30)31)25(23(29)22(19)28)18-7-2-3-12-24-18/h2-13,20,27H,1H3/b21-19+/t20-/m0/s1. The third kappa shape index (κ3) is 3.56. The fraction of sp³-hybridized carbons (Fsp3) is 0.0870. The smallest absolute Gasteiger partial charge is 0.301 e. The molecule has 0 saturated carbocycles. The molecule has 9 heteroatoms. The van der Waals surface area contributed by atoms with Crippen molar-refractivity contribution in [3.8, 4) is 5.75 Å². The Morgan fingerprint density at radius 2 is 1.84 bits per heavy atom. The van der Waals surface area contributed by atoms with E-state index in [1.165, 1.54) is 31.5 Å². The van der Waals surface area contributed by atoms with Crippen molar-refractivity contribution in [2.45, 2.75) is 6.04 Å². The third-order valence-corrected chi connectivity index (χ3v) is 5.10. The minimum atomic E-state index is -1.10. The minimum Gasteiger partial charge on any atom is -0.507 e. The molecule has 1 aromatic heterocycles. The molecule has 1 saturated heterocycles. The summed E-state index contributed by atoms with van der Waals surface area (Å²) in [6.07, 6.45) is 1.46. The van der Waals surface area contributed by atoms with Crippen LogP contribution in [0, 0.1) is 10.1 Å². The largest absolute Gasteiger partial charge is 0.507 e. The highest BCUT2D eigenvalue weighted by Crippen LogP contribution is 2.42.